The average Bonchev–Trinajstić information content (AvgIpc) is 2.78. The molecule has 31 heavy (non-hydrogen) atoms. The molecule has 0 aliphatic carbocycles. The minimum atomic E-state index is -4.72. The summed E-state index contributed by atoms with van der Waals surface area (Å²) in [4.78, 5) is 8.28. The Hall–Kier alpha value is -2.93. The Kier molecular flexibility index (Phi) is 7.63. The molecule has 0 fully saturated rings. The van der Waals surface area contributed by atoms with Gasteiger partial charge in [-0.1, -0.05) is 68.3 Å². The summed E-state index contributed by atoms with van der Waals surface area (Å²) in [6.07, 6.45) is 0.0610. The second-order valence-corrected chi connectivity index (χ2v) is 7.34. The monoisotopic (exact) mass is 430 g/mol. The Bertz CT molecular complexity index is 941. The second kappa shape index (κ2) is 10.4. The number of aliphatic hydroxyl groups is 1. The minimum Gasteiger partial charge on any atom is -0.487 e. The molecule has 0 saturated heterocycles. The molecule has 1 aromatic heterocycles. The summed E-state index contributed by atoms with van der Waals surface area (Å²) in [6, 6.07) is 16.3. The van der Waals surface area contributed by atoms with Crippen LogP contribution in [0, 0.1) is 0 Å². The smallest absolute Gasteiger partial charge is 0.417 e. The van der Waals surface area contributed by atoms with Gasteiger partial charge >= 0.3 is 6.18 Å². The zero-order valence-corrected chi connectivity index (χ0v) is 17.3. The predicted molar refractivity (Wildman–Crippen MR) is 114 cm³/mol. The highest BCUT2D eigenvalue weighted by atomic mass is 19.4. The molecule has 0 saturated carbocycles. The number of aryl methyl sites for hydroxylation is 1. The van der Waals surface area contributed by atoms with E-state index in [0.29, 0.717) is 5.82 Å². The Labute approximate surface area is 179 Å². The lowest BCUT2D eigenvalue weighted by molar-refractivity contribution is -0.210. The van der Waals surface area contributed by atoms with Crippen LogP contribution in [0.2, 0.25) is 0 Å². The summed E-state index contributed by atoms with van der Waals surface area (Å²) in [7, 11) is 0. The molecule has 3 aromatic rings. The van der Waals surface area contributed by atoms with Crippen molar-refractivity contribution in [1.82, 2.24) is 9.97 Å². The molecule has 1 N–H and O–H groups in total. The molecule has 0 aliphatic rings. The van der Waals surface area contributed by atoms with Gasteiger partial charge in [-0.25, -0.2) is 9.97 Å². The van der Waals surface area contributed by atoms with Crippen molar-refractivity contribution in [3.63, 3.8) is 0 Å². The number of aliphatic hydroxyl groups excluding tert-OH is 1. The number of alkyl halides is 3. The fraction of sp³-hybridized carbons (Fsp3) is 0.333. The number of rotatable bonds is 9. The van der Waals surface area contributed by atoms with E-state index in [1.807, 2.05) is 24.3 Å². The Morgan fingerprint density at radius 1 is 0.871 bits per heavy atom. The summed E-state index contributed by atoms with van der Waals surface area (Å²) in [5.41, 5.74) is 4.32. The van der Waals surface area contributed by atoms with E-state index in [4.69, 9.17) is 9.84 Å². The lowest BCUT2D eigenvalue weighted by atomic mass is 10.0. The van der Waals surface area contributed by atoms with Crippen LogP contribution in [0.1, 0.15) is 31.7 Å². The summed E-state index contributed by atoms with van der Waals surface area (Å²) in [6.45, 7) is 1.29. The van der Waals surface area contributed by atoms with Gasteiger partial charge in [-0.3, -0.25) is 0 Å². The standard InChI is InChI=1S/C24H25F3N2O2/c1-2-3-4-5-17-6-8-18(9-7-17)19-10-12-20(13-11-19)23-28-14-21(15-29-23)31-16-22(30)24(25,26)27/h6-15,22,30H,2-5,16H2,1H3. The van der Waals surface area contributed by atoms with Crippen molar-refractivity contribution in [2.24, 2.45) is 0 Å². The van der Waals surface area contributed by atoms with Crippen molar-refractivity contribution < 1.29 is 23.0 Å². The maximum absolute atomic E-state index is 12.3. The molecule has 164 valence electrons. The van der Waals surface area contributed by atoms with E-state index in [9.17, 15) is 13.2 Å². The largest absolute Gasteiger partial charge is 0.487 e. The Morgan fingerprint density at radius 3 is 1.97 bits per heavy atom. The van der Waals surface area contributed by atoms with Crippen LogP contribution in [-0.4, -0.2) is 34.0 Å². The molecule has 1 heterocycles. The molecule has 0 amide bonds. The first-order valence-corrected chi connectivity index (χ1v) is 10.3. The molecule has 1 unspecified atom stereocenters. The van der Waals surface area contributed by atoms with Gasteiger partial charge in [0.25, 0.3) is 0 Å². The van der Waals surface area contributed by atoms with Gasteiger partial charge in [-0.05, 0) is 29.5 Å². The van der Waals surface area contributed by atoms with E-state index < -0.39 is 18.9 Å². The topological polar surface area (TPSA) is 55.2 Å². The van der Waals surface area contributed by atoms with Gasteiger partial charge in [0.2, 0.25) is 0 Å². The first-order valence-electron chi connectivity index (χ1n) is 10.3. The first-order chi connectivity index (χ1) is 14.9. The summed E-state index contributed by atoms with van der Waals surface area (Å²) < 4.78 is 41.8. The van der Waals surface area contributed by atoms with Gasteiger partial charge in [-0.2, -0.15) is 13.2 Å². The molecule has 2 aromatic carbocycles. The van der Waals surface area contributed by atoms with Crippen LogP contribution in [0.15, 0.2) is 60.9 Å². The molecular weight excluding hydrogens is 405 g/mol. The number of hydrogen-bond acceptors (Lipinski definition) is 4. The third-order valence-corrected chi connectivity index (χ3v) is 4.91. The molecular formula is C24H25F3N2O2. The van der Waals surface area contributed by atoms with Crippen molar-refractivity contribution in [3.05, 3.63) is 66.5 Å². The lowest BCUT2D eigenvalue weighted by Gasteiger charge is -2.14. The third kappa shape index (κ3) is 6.52. The number of aromatic nitrogens is 2. The van der Waals surface area contributed by atoms with Crippen LogP contribution in [0.3, 0.4) is 0 Å². The van der Waals surface area contributed by atoms with E-state index in [-0.39, 0.29) is 5.75 Å². The van der Waals surface area contributed by atoms with Crippen LogP contribution in [0.5, 0.6) is 5.75 Å². The molecule has 0 aliphatic heterocycles. The maximum Gasteiger partial charge on any atom is 0.417 e. The highest BCUT2D eigenvalue weighted by Gasteiger charge is 2.38. The molecule has 0 radical (unpaired) electrons. The Morgan fingerprint density at radius 2 is 1.42 bits per heavy atom. The van der Waals surface area contributed by atoms with Crippen molar-refractivity contribution in [2.45, 2.75) is 44.9 Å². The summed E-state index contributed by atoms with van der Waals surface area (Å²) in [5.74, 6) is 0.490. The molecule has 1 atom stereocenters. The van der Waals surface area contributed by atoms with E-state index in [1.54, 1.807) is 0 Å². The average molecular weight is 430 g/mol. The van der Waals surface area contributed by atoms with Gasteiger partial charge in [0.15, 0.2) is 17.7 Å². The first kappa shape index (κ1) is 22.7. The maximum atomic E-state index is 12.3. The SMILES string of the molecule is CCCCCc1ccc(-c2ccc(-c3ncc(OCC(O)C(F)(F)F)cn3)cc2)cc1. The molecule has 0 spiro atoms. The number of nitrogens with zero attached hydrogens (tertiary/aromatic N) is 2. The van der Waals surface area contributed by atoms with Crippen LogP contribution >= 0.6 is 0 Å². The number of unbranched alkanes of at least 4 members (excludes halogenated alkanes) is 2. The third-order valence-electron chi connectivity index (χ3n) is 4.91. The van der Waals surface area contributed by atoms with E-state index >= 15 is 0 Å². The molecule has 0 bridgehead atoms. The van der Waals surface area contributed by atoms with Crippen molar-refractivity contribution in [3.8, 4) is 28.3 Å². The van der Waals surface area contributed by atoms with Gasteiger partial charge in [0, 0.05) is 5.56 Å². The summed E-state index contributed by atoms with van der Waals surface area (Å²) in [5, 5.41) is 8.97. The molecule has 7 heteroatoms. The Balaban J connectivity index is 1.61. The number of halogens is 3. The fourth-order valence-electron chi connectivity index (χ4n) is 3.06. The molecule has 4 nitrogen and oxygen atoms in total. The number of ether oxygens (including phenoxy) is 1. The highest BCUT2D eigenvalue weighted by Crippen LogP contribution is 2.25. The predicted octanol–water partition coefficient (Wildman–Crippen LogP) is 5.85. The van der Waals surface area contributed by atoms with Crippen molar-refractivity contribution >= 4 is 0 Å². The van der Waals surface area contributed by atoms with Gasteiger partial charge < -0.3 is 9.84 Å². The molecule has 3 rings (SSSR count). The van der Waals surface area contributed by atoms with Gasteiger partial charge in [0.1, 0.15) is 6.61 Å². The van der Waals surface area contributed by atoms with Crippen LogP contribution in [0.25, 0.3) is 22.5 Å². The summed E-state index contributed by atoms with van der Waals surface area (Å²) >= 11 is 0. The van der Waals surface area contributed by atoms with Crippen LogP contribution in [0.4, 0.5) is 13.2 Å². The van der Waals surface area contributed by atoms with Gasteiger partial charge in [0.05, 0.1) is 12.4 Å². The normalized spacial score (nSPS) is 12.5. The zero-order valence-electron chi connectivity index (χ0n) is 17.3. The van der Waals surface area contributed by atoms with Crippen molar-refractivity contribution in [2.75, 3.05) is 6.61 Å². The fourth-order valence-corrected chi connectivity index (χ4v) is 3.06. The second-order valence-electron chi connectivity index (χ2n) is 7.34. The highest BCUT2D eigenvalue weighted by molar-refractivity contribution is 5.67. The van der Waals surface area contributed by atoms with Crippen LogP contribution < -0.4 is 4.74 Å². The van der Waals surface area contributed by atoms with E-state index in [1.165, 1.54) is 37.2 Å². The minimum absolute atomic E-state index is 0.0581. The lowest BCUT2D eigenvalue weighted by Crippen LogP contribution is -2.34. The van der Waals surface area contributed by atoms with E-state index in [0.717, 1.165) is 23.1 Å². The zero-order chi connectivity index (χ0) is 22.3. The number of benzene rings is 2. The van der Waals surface area contributed by atoms with Crippen molar-refractivity contribution in [1.29, 1.82) is 0 Å². The van der Waals surface area contributed by atoms with E-state index in [2.05, 4.69) is 41.2 Å². The van der Waals surface area contributed by atoms with Gasteiger partial charge in [-0.15, -0.1) is 0 Å². The quantitative estimate of drug-likeness (QED) is 0.433. The number of hydrogen-bond donors (Lipinski definition) is 1. The van der Waals surface area contributed by atoms with Crippen LogP contribution in [-0.2, 0) is 6.42 Å².